The van der Waals surface area contributed by atoms with Crippen LogP contribution in [0.15, 0.2) is 30.3 Å². The molecule has 0 aliphatic rings. The maximum absolute atomic E-state index is 11.6. The van der Waals surface area contributed by atoms with E-state index in [1.807, 2.05) is 0 Å². The summed E-state index contributed by atoms with van der Waals surface area (Å²) >= 11 is 0. The predicted octanol–water partition coefficient (Wildman–Crippen LogP) is 4.10. The summed E-state index contributed by atoms with van der Waals surface area (Å²) in [6.45, 7) is 7.37. The second-order valence-corrected chi connectivity index (χ2v) is 6.57. The minimum absolute atomic E-state index is 0.106. The summed E-state index contributed by atoms with van der Waals surface area (Å²) in [5.41, 5.74) is 0.559. The third-order valence-electron chi connectivity index (χ3n) is 3.50. The van der Waals surface area contributed by atoms with Gasteiger partial charge in [-0.1, -0.05) is 36.4 Å². The van der Waals surface area contributed by atoms with Gasteiger partial charge in [0.05, 0.1) is 0 Å². The van der Waals surface area contributed by atoms with Crippen LogP contribution in [0, 0.1) is 6.92 Å². The second-order valence-electron chi connectivity index (χ2n) is 6.57. The van der Waals surface area contributed by atoms with Crippen LogP contribution in [0.2, 0.25) is 0 Å². The number of benzene rings is 2. The average molecular weight is 329 g/mol. The lowest BCUT2D eigenvalue weighted by atomic mass is 9.98. The van der Waals surface area contributed by atoms with E-state index in [2.05, 4.69) is 5.32 Å². The van der Waals surface area contributed by atoms with Gasteiger partial charge in [0.1, 0.15) is 17.1 Å². The van der Waals surface area contributed by atoms with Crippen molar-refractivity contribution in [3.05, 3.63) is 41.5 Å². The van der Waals surface area contributed by atoms with Crippen LogP contribution in [0.5, 0.6) is 11.5 Å². The van der Waals surface area contributed by atoms with Crippen molar-refractivity contribution in [2.45, 2.75) is 33.3 Å². The Hall–Kier alpha value is -2.69. The van der Waals surface area contributed by atoms with E-state index in [0.29, 0.717) is 21.9 Å². The molecule has 0 heterocycles. The van der Waals surface area contributed by atoms with Crippen molar-refractivity contribution >= 4 is 22.9 Å². The largest absolute Gasteiger partial charge is 0.507 e. The first-order chi connectivity index (χ1) is 11.2. The van der Waals surface area contributed by atoms with E-state index < -0.39 is 11.7 Å². The molecule has 0 fully saturated rings. The van der Waals surface area contributed by atoms with Crippen LogP contribution >= 0.6 is 0 Å². The first-order valence-electron chi connectivity index (χ1n) is 7.77. The minimum atomic E-state index is -0.549. The number of carbonyl (C=O) groups is 1. The number of hydrogen-bond acceptors (Lipinski definition) is 4. The van der Waals surface area contributed by atoms with Crippen molar-refractivity contribution in [3.8, 4) is 11.5 Å². The van der Waals surface area contributed by atoms with Gasteiger partial charge in [0.2, 0.25) is 0 Å². The molecule has 0 spiro atoms. The lowest BCUT2D eigenvalue weighted by molar-refractivity contribution is 0.0534. The number of aromatic hydroxyl groups is 2. The normalized spacial score (nSPS) is 11.8. The Bertz CT molecular complexity index is 788. The zero-order chi connectivity index (χ0) is 17.9. The summed E-state index contributed by atoms with van der Waals surface area (Å²) in [5, 5.41) is 24.5. The number of nitrogens with one attached hydrogen (secondary N) is 1. The SMILES string of the molecule is Cc1c(C=CCNC(=O)OC(C)(C)C)c(O)c2ccccc2c1O. The molecule has 2 aromatic rings. The van der Waals surface area contributed by atoms with Crippen LogP contribution in [0.25, 0.3) is 16.8 Å². The van der Waals surface area contributed by atoms with Gasteiger partial charge in [-0.3, -0.25) is 0 Å². The monoisotopic (exact) mass is 329 g/mol. The zero-order valence-electron chi connectivity index (χ0n) is 14.4. The maximum atomic E-state index is 11.6. The molecule has 0 bridgehead atoms. The summed E-state index contributed by atoms with van der Waals surface area (Å²) in [6, 6.07) is 7.12. The quantitative estimate of drug-likeness (QED) is 0.741. The Morgan fingerprint density at radius 3 is 2.33 bits per heavy atom. The Balaban J connectivity index is 2.17. The molecular weight excluding hydrogens is 306 g/mol. The van der Waals surface area contributed by atoms with E-state index in [9.17, 15) is 15.0 Å². The highest BCUT2D eigenvalue weighted by molar-refractivity contribution is 5.97. The molecule has 24 heavy (non-hydrogen) atoms. The molecule has 0 aromatic heterocycles. The lowest BCUT2D eigenvalue weighted by Crippen LogP contribution is -2.32. The maximum Gasteiger partial charge on any atom is 0.407 e. The van der Waals surface area contributed by atoms with Crippen LogP contribution < -0.4 is 5.32 Å². The first kappa shape index (κ1) is 17.7. The standard InChI is InChI=1S/C19H23NO4/c1-12-13(10-7-11-20-18(23)24-19(2,3)4)17(22)15-9-6-5-8-14(15)16(12)21/h5-10,21-22H,11H2,1-4H3,(H,20,23). The van der Waals surface area contributed by atoms with Crippen molar-refractivity contribution < 1.29 is 19.7 Å². The number of carbonyl (C=O) groups excluding carboxylic acids is 1. The second kappa shape index (κ2) is 6.83. The van der Waals surface area contributed by atoms with E-state index >= 15 is 0 Å². The van der Waals surface area contributed by atoms with Gasteiger partial charge < -0.3 is 20.3 Å². The summed E-state index contributed by atoms with van der Waals surface area (Å²) in [7, 11) is 0. The van der Waals surface area contributed by atoms with E-state index in [0.717, 1.165) is 0 Å². The lowest BCUT2D eigenvalue weighted by Gasteiger charge is -2.19. The Morgan fingerprint density at radius 2 is 1.75 bits per heavy atom. The Morgan fingerprint density at radius 1 is 1.17 bits per heavy atom. The van der Waals surface area contributed by atoms with Crippen molar-refractivity contribution in [1.29, 1.82) is 0 Å². The molecular formula is C19H23NO4. The van der Waals surface area contributed by atoms with E-state index in [1.54, 1.807) is 64.1 Å². The van der Waals surface area contributed by atoms with Gasteiger partial charge in [0.25, 0.3) is 0 Å². The number of amides is 1. The van der Waals surface area contributed by atoms with Crippen molar-refractivity contribution in [2.75, 3.05) is 6.54 Å². The van der Waals surface area contributed by atoms with Gasteiger partial charge in [-0.05, 0) is 27.7 Å². The summed E-state index contributed by atoms with van der Waals surface area (Å²) in [6.07, 6.45) is 2.86. The highest BCUT2D eigenvalue weighted by atomic mass is 16.6. The van der Waals surface area contributed by atoms with E-state index in [-0.39, 0.29) is 18.0 Å². The molecule has 5 nitrogen and oxygen atoms in total. The van der Waals surface area contributed by atoms with Crippen LogP contribution in [-0.2, 0) is 4.74 Å². The number of phenolic OH excluding ortho intramolecular Hbond substituents is 2. The van der Waals surface area contributed by atoms with Gasteiger partial charge in [0.15, 0.2) is 0 Å². The Kier molecular flexibility index (Phi) is 5.02. The van der Waals surface area contributed by atoms with Gasteiger partial charge in [-0.25, -0.2) is 4.79 Å². The Labute approximate surface area is 141 Å². The van der Waals surface area contributed by atoms with Crippen molar-refractivity contribution in [2.24, 2.45) is 0 Å². The molecule has 128 valence electrons. The minimum Gasteiger partial charge on any atom is -0.507 e. The number of ether oxygens (including phenoxy) is 1. The molecule has 0 aliphatic heterocycles. The highest BCUT2D eigenvalue weighted by Crippen LogP contribution is 2.39. The fraction of sp³-hybridized carbons (Fsp3) is 0.316. The number of fused-ring (bicyclic) bond motifs is 1. The van der Waals surface area contributed by atoms with Crippen molar-refractivity contribution in [3.63, 3.8) is 0 Å². The number of rotatable bonds is 3. The highest BCUT2D eigenvalue weighted by Gasteiger charge is 2.15. The first-order valence-corrected chi connectivity index (χ1v) is 7.77. The molecule has 3 N–H and O–H groups in total. The number of phenols is 2. The molecule has 5 heteroatoms. The summed E-state index contributed by atoms with van der Waals surface area (Å²) in [4.78, 5) is 11.6. The molecule has 2 rings (SSSR count). The number of alkyl carbamates (subject to hydrolysis) is 1. The number of hydrogen-bond donors (Lipinski definition) is 3. The van der Waals surface area contributed by atoms with Crippen molar-refractivity contribution in [1.82, 2.24) is 5.32 Å². The summed E-state index contributed by atoms with van der Waals surface area (Å²) < 4.78 is 5.14. The fourth-order valence-electron chi connectivity index (χ4n) is 2.39. The average Bonchev–Trinajstić information content (AvgIpc) is 2.50. The molecule has 0 saturated heterocycles. The third-order valence-corrected chi connectivity index (χ3v) is 3.50. The smallest absolute Gasteiger partial charge is 0.407 e. The van der Waals surface area contributed by atoms with E-state index in [4.69, 9.17) is 4.74 Å². The van der Waals surface area contributed by atoms with Gasteiger partial charge in [-0.15, -0.1) is 0 Å². The predicted molar refractivity (Wildman–Crippen MR) is 95.3 cm³/mol. The van der Waals surface area contributed by atoms with Gasteiger partial charge in [-0.2, -0.15) is 0 Å². The molecule has 1 amide bonds. The third kappa shape index (κ3) is 3.98. The van der Waals surface area contributed by atoms with Crippen LogP contribution in [0.1, 0.15) is 31.9 Å². The van der Waals surface area contributed by atoms with Crippen LogP contribution in [0.3, 0.4) is 0 Å². The van der Waals surface area contributed by atoms with Gasteiger partial charge >= 0.3 is 6.09 Å². The molecule has 0 unspecified atom stereocenters. The van der Waals surface area contributed by atoms with Crippen LogP contribution in [-0.4, -0.2) is 28.5 Å². The molecule has 0 radical (unpaired) electrons. The fourth-order valence-corrected chi connectivity index (χ4v) is 2.39. The van der Waals surface area contributed by atoms with Gasteiger partial charge in [0, 0.05) is 28.4 Å². The molecule has 0 atom stereocenters. The van der Waals surface area contributed by atoms with E-state index in [1.165, 1.54) is 0 Å². The molecule has 0 saturated carbocycles. The molecule has 0 aliphatic carbocycles. The summed E-state index contributed by atoms with van der Waals surface area (Å²) in [5.74, 6) is 0.248. The molecule has 2 aromatic carbocycles. The zero-order valence-corrected chi connectivity index (χ0v) is 14.4. The topological polar surface area (TPSA) is 78.8 Å². The van der Waals surface area contributed by atoms with Crippen LogP contribution in [0.4, 0.5) is 4.79 Å².